The molecular weight excluding hydrogens is 276 g/mol. The highest BCUT2D eigenvalue weighted by Gasteiger charge is 2.28. The molecule has 0 unspecified atom stereocenters. The zero-order valence-corrected chi connectivity index (χ0v) is 14.1. The van der Waals surface area contributed by atoms with Crippen LogP contribution in [0.3, 0.4) is 0 Å². The van der Waals surface area contributed by atoms with Crippen LogP contribution in [-0.2, 0) is 4.74 Å². The Morgan fingerprint density at radius 1 is 0.955 bits per heavy atom. The largest absolute Gasteiger partial charge is 0.395 e. The lowest BCUT2D eigenvalue weighted by molar-refractivity contribution is 0.0503. The van der Waals surface area contributed by atoms with Gasteiger partial charge in [0.2, 0.25) is 0 Å². The third-order valence-corrected chi connectivity index (χ3v) is 5.91. The van der Waals surface area contributed by atoms with Gasteiger partial charge in [0.15, 0.2) is 0 Å². The van der Waals surface area contributed by atoms with Crippen LogP contribution < -0.4 is 0 Å². The zero-order chi connectivity index (χ0) is 15.2. The van der Waals surface area contributed by atoms with E-state index in [4.69, 9.17) is 4.74 Å². The van der Waals surface area contributed by atoms with Crippen molar-refractivity contribution in [2.45, 2.75) is 63.5 Å². The van der Waals surface area contributed by atoms with Crippen LogP contribution in [0.25, 0.3) is 0 Å². The molecule has 4 heteroatoms. The molecule has 1 saturated carbocycles. The van der Waals surface area contributed by atoms with Crippen LogP contribution in [0.2, 0.25) is 0 Å². The summed E-state index contributed by atoms with van der Waals surface area (Å²) in [6.45, 7) is 6.76. The third kappa shape index (κ3) is 4.67. The first kappa shape index (κ1) is 16.7. The number of hydrogen-bond acceptors (Lipinski definition) is 4. The van der Waals surface area contributed by atoms with E-state index in [1.54, 1.807) is 0 Å². The number of rotatable bonds is 7. The molecule has 2 heterocycles. The fourth-order valence-electron chi connectivity index (χ4n) is 4.61. The monoisotopic (exact) mass is 310 g/mol. The summed E-state index contributed by atoms with van der Waals surface area (Å²) in [6.07, 6.45) is 11.2. The van der Waals surface area contributed by atoms with Crippen molar-refractivity contribution in [1.82, 2.24) is 9.80 Å². The van der Waals surface area contributed by atoms with E-state index in [0.29, 0.717) is 6.10 Å². The lowest BCUT2D eigenvalue weighted by atomic mass is 9.94. The van der Waals surface area contributed by atoms with E-state index in [0.717, 1.165) is 38.2 Å². The summed E-state index contributed by atoms with van der Waals surface area (Å²) in [5.41, 5.74) is 0. The average molecular weight is 310 g/mol. The number of likely N-dealkylation sites (tertiary alicyclic amines) is 1. The van der Waals surface area contributed by atoms with Crippen molar-refractivity contribution in [3.8, 4) is 0 Å². The molecular formula is C18H34N2O2. The minimum Gasteiger partial charge on any atom is -0.395 e. The Bertz CT molecular complexity index is 306. The van der Waals surface area contributed by atoms with Crippen molar-refractivity contribution in [3.05, 3.63) is 0 Å². The first-order valence-electron chi connectivity index (χ1n) is 9.54. The Kier molecular flexibility index (Phi) is 6.54. The highest BCUT2D eigenvalue weighted by molar-refractivity contribution is 4.83. The van der Waals surface area contributed by atoms with E-state index in [1.165, 1.54) is 64.5 Å². The maximum atomic E-state index is 9.33. The van der Waals surface area contributed by atoms with Gasteiger partial charge in [0.25, 0.3) is 0 Å². The molecule has 0 radical (unpaired) electrons. The van der Waals surface area contributed by atoms with E-state index in [9.17, 15) is 5.11 Å². The number of aliphatic hydroxyl groups is 1. The van der Waals surface area contributed by atoms with Crippen molar-refractivity contribution in [2.24, 2.45) is 5.92 Å². The van der Waals surface area contributed by atoms with Gasteiger partial charge in [0.1, 0.15) is 0 Å². The molecule has 0 aromatic rings. The number of nitrogens with zero attached hydrogens (tertiary/aromatic N) is 2. The Labute approximate surface area is 135 Å². The number of aliphatic hydroxyl groups excluding tert-OH is 1. The molecule has 22 heavy (non-hydrogen) atoms. The summed E-state index contributed by atoms with van der Waals surface area (Å²) in [4.78, 5) is 5.20. The normalized spacial score (nSPS) is 28.9. The van der Waals surface area contributed by atoms with Crippen LogP contribution in [0.4, 0.5) is 0 Å². The smallest absolute Gasteiger partial charge is 0.0702 e. The van der Waals surface area contributed by atoms with Gasteiger partial charge in [-0.1, -0.05) is 12.8 Å². The van der Waals surface area contributed by atoms with Crippen molar-refractivity contribution >= 4 is 0 Å². The van der Waals surface area contributed by atoms with Gasteiger partial charge >= 0.3 is 0 Å². The molecule has 1 atom stereocenters. The minimum absolute atomic E-state index is 0.271. The summed E-state index contributed by atoms with van der Waals surface area (Å²) < 4.78 is 5.77. The topological polar surface area (TPSA) is 35.9 Å². The molecule has 128 valence electrons. The number of hydrogen-bond donors (Lipinski definition) is 1. The maximum absolute atomic E-state index is 9.33. The fraction of sp³-hybridized carbons (Fsp3) is 1.00. The second kappa shape index (κ2) is 8.62. The predicted molar refractivity (Wildman–Crippen MR) is 89.1 cm³/mol. The molecule has 2 aliphatic heterocycles. The van der Waals surface area contributed by atoms with Gasteiger partial charge in [-0.05, 0) is 57.5 Å². The first-order valence-corrected chi connectivity index (χ1v) is 9.54. The van der Waals surface area contributed by atoms with Crippen molar-refractivity contribution in [3.63, 3.8) is 0 Å². The van der Waals surface area contributed by atoms with E-state index in [1.807, 2.05) is 0 Å². The SMILES string of the molecule is OCCN(CC1CCN(C2CCCC2)CC1)C[C@@H]1CCCO1. The van der Waals surface area contributed by atoms with Gasteiger partial charge in [0.05, 0.1) is 12.7 Å². The summed E-state index contributed by atoms with van der Waals surface area (Å²) in [6, 6.07) is 0.890. The van der Waals surface area contributed by atoms with Gasteiger partial charge in [0, 0.05) is 32.3 Å². The molecule has 1 N–H and O–H groups in total. The number of ether oxygens (including phenoxy) is 1. The zero-order valence-electron chi connectivity index (χ0n) is 14.1. The number of piperidine rings is 1. The van der Waals surface area contributed by atoms with Gasteiger partial charge in [-0.15, -0.1) is 0 Å². The second-order valence-corrected chi connectivity index (χ2v) is 7.54. The fourth-order valence-corrected chi connectivity index (χ4v) is 4.61. The molecule has 3 aliphatic rings. The van der Waals surface area contributed by atoms with E-state index >= 15 is 0 Å². The Morgan fingerprint density at radius 2 is 1.73 bits per heavy atom. The Balaban J connectivity index is 1.40. The molecule has 0 spiro atoms. The van der Waals surface area contributed by atoms with Crippen LogP contribution in [0.1, 0.15) is 51.4 Å². The minimum atomic E-state index is 0.271. The highest BCUT2D eigenvalue weighted by Crippen LogP contribution is 2.28. The summed E-state index contributed by atoms with van der Waals surface area (Å²) in [7, 11) is 0. The van der Waals surface area contributed by atoms with Crippen LogP contribution in [0, 0.1) is 5.92 Å². The molecule has 3 rings (SSSR count). The maximum Gasteiger partial charge on any atom is 0.0702 e. The van der Waals surface area contributed by atoms with Gasteiger partial charge < -0.3 is 14.7 Å². The van der Waals surface area contributed by atoms with E-state index in [2.05, 4.69) is 9.80 Å². The van der Waals surface area contributed by atoms with E-state index in [-0.39, 0.29) is 6.61 Å². The first-order chi connectivity index (χ1) is 10.8. The average Bonchev–Trinajstić information content (AvgIpc) is 3.21. The molecule has 0 bridgehead atoms. The molecule has 0 aromatic carbocycles. The van der Waals surface area contributed by atoms with Crippen LogP contribution in [0.5, 0.6) is 0 Å². The van der Waals surface area contributed by atoms with E-state index < -0.39 is 0 Å². The molecule has 0 amide bonds. The standard InChI is InChI=1S/C18H34N2O2/c21-12-11-19(15-18-6-3-13-22-18)14-16-7-9-20(10-8-16)17-4-1-2-5-17/h16-18,21H,1-15H2/t18-/m0/s1. The Hall–Kier alpha value is -0.160. The van der Waals surface area contributed by atoms with Crippen molar-refractivity contribution in [1.29, 1.82) is 0 Å². The molecule has 4 nitrogen and oxygen atoms in total. The van der Waals surface area contributed by atoms with Crippen LogP contribution in [-0.4, -0.2) is 73.0 Å². The van der Waals surface area contributed by atoms with Crippen molar-refractivity contribution < 1.29 is 9.84 Å². The van der Waals surface area contributed by atoms with Crippen LogP contribution in [0.15, 0.2) is 0 Å². The molecule has 1 aliphatic carbocycles. The van der Waals surface area contributed by atoms with Gasteiger partial charge in [-0.2, -0.15) is 0 Å². The Morgan fingerprint density at radius 3 is 2.36 bits per heavy atom. The highest BCUT2D eigenvalue weighted by atomic mass is 16.5. The summed E-state index contributed by atoms with van der Waals surface area (Å²) in [5.74, 6) is 0.811. The third-order valence-electron chi connectivity index (χ3n) is 5.91. The summed E-state index contributed by atoms with van der Waals surface area (Å²) in [5, 5.41) is 9.33. The summed E-state index contributed by atoms with van der Waals surface area (Å²) >= 11 is 0. The molecule has 0 aromatic heterocycles. The quantitative estimate of drug-likeness (QED) is 0.781. The lowest BCUT2D eigenvalue weighted by Gasteiger charge is -2.38. The second-order valence-electron chi connectivity index (χ2n) is 7.54. The lowest BCUT2D eigenvalue weighted by Crippen LogP contribution is -2.44. The van der Waals surface area contributed by atoms with Crippen LogP contribution >= 0.6 is 0 Å². The predicted octanol–water partition coefficient (Wildman–Crippen LogP) is 2.11. The van der Waals surface area contributed by atoms with Crippen molar-refractivity contribution in [2.75, 3.05) is 45.9 Å². The molecule has 3 fully saturated rings. The van der Waals surface area contributed by atoms with Gasteiger partial charge in [-0.25, -0.2) is 0 Å². The molecule has 2 saturated heterocycles. The van der Waals surface area contributed by atoms with Gasteiger partial charge in [-0.3, -0.25) is 4.90 Å².